The molecule has 0 radical (unpaired) electrons. The van der Waals surface area contributed by atoms with Crippen molar-refractivity contribution in [1.82, 2.24) is 4.31 Å². The molecule has 29 heavy (non-hydrogen) atoms. The number of fused-ring (bicyclic) bond motifs is 1. The van der Waals surface area contributed by atoms with Crippen LogP contribution in [0.15, 0.2) is 65.2 Å². The van der Waals surface area contributed by atoms with E-state index in [9.17, 15) is 23.1 Å². The molecule has 9 heteroatoms. The maximum absolute atomic E-state index is 12.7. The number of rotatable bonds is 6. The summed E-state index contributed by atoms with van der Waals surface area (Å²) in [5.74, 6) is -1.95. The van der Waals surface area contributed by atoms with Crippen molar-refractivity contribution in [1.29, 1.82) is 0 Å². The van der Waals surface area contributed by atoms with Crippen molar-refractivity contribution in [2.24, 2.45) is 0 Å². The van der Waals surface area contributed by atoms with E-state index >= 15 is 0 Å². The second kappa shape index (κ2) is 7.80. The molecule has 2 aromatic rings. The minimum Gasteiger partial charge on any atom is -0.505 e. The molecule has 0 amide bonds. The molecule has 1 aliphatic rings. The number of aliphatic hydroxyl groups excluding tert-OH is 1. The molecule has 150 valence electrons. The van der Waals surface area contributed by atoms with Gasteiger partial charge in [0, 0.05) is 12.6 Å². The van der Waals surface area contributed by atoms with Crippen molar-refractivity contribution in [2.75, 3.05) is 13.7 Å². The second-order valence-electron chi connectivity index (χ2n) is 6.12. The number of ketones is 1. The van der Waals surface area contributed by atoms with E-state index in [1.807, 2.05) is 0 Å². The topological polar surface area (TPSA) is 121 Å². The molecular formula is C20H17NO7S. The molecule has 0 spiro atoms. The fourth-order valence-electron chi connectivity index (χ4n) is 2.81. The van der Waals surface area contributed by atoms with E-state index in [4.69, 9.17) is 9.84 Å². The molecule has 0 aliphatic carbocycles. The number of hydrogen-bond donors (Lipinski definition) is 2. The van der Waals surface area contributed by atoms with Gasteiger partial charge in [-0.05, 0) is 35.9 Å². The fraction of sp³-hybridized carbons (Fsp3) is 0.100. The van der Waals surface area contributed by atoms with Crippen LogP contribution >= 0.6 is 0 Å². The summed E-state index contributed by atoms with van der Waals surface area (Å²) in [6.45, 7) is -0.505. The number of allylic oxidation sites excluding steroid dienone is 1. The van der Waals surface area contributed by atoms with E-state index in [0.29, 0.717) is 11.3 Å². The lowest BCUT2D eigenvalue weighted by atomic mass is 10.1. The van der Waals surface area contributed by atoms with Crippen LogP contribution in [0.5, 0.6) is 5.75 Å². The summed E-state index contributed by atoms with van der Waals surface area (Å²) < 4.78 is 31.1. The van der Waals surface area contributed by atoms with Gasteiger partial charge in [-0.1, -0.05) is 30.3 Å². The number of benzene rings is 2. The zero-order valence-corrected chi connectivity index (χ0v) is 16.1. The molecule has 0 aromatic heterocycles. The summed E-state index contributed by atoms with van der Waals surface area (Å²) in [4.78, 5) is 23.2. The zero-order valence-electron chi connectivity index (χ0n) is 15.3. The Morgan fingerprint density at radius 2 is 1.86 bits per heavy atom. The largest absolute Gasteiger partial charge is 0.505 e. The third kappa shape index (κ3) is 3.99. The average Bonchev–Trinajstić information content (AvgIpc) is 2.70. The molecule has 0 saturated carbocycles. The molecule has 0 atom stereocenters. The molecule has 0 fully saturated rings. The number of carboxylic acids is 1. The van der Waals surface area contributed by atoms with Gasteiger partial charge in [0.05, 0.1) is 4.90 Å². The number of carboxylic acid groups (broad SMARTS) is 1. The Balaban J connectivity index is 1.91. The van der Waals surface area contributed by atoms with Gasteiger partial charge in [-0.15, -0.1) is 0 Å². The minimum absolute atomic E-state index is 0.0615. The Bertz CT molecular complexity index is 1150. The summed E-state index contributed by atoms with van der Waals surface area (Å²) in [5, 5.41) is 19.2. The highest BCUT2D eigenvalue weighted by molar-refractivity contribution is 7.89. The maximum Gasteiger partial charge on any atom is 0.341 e. The molecule has 2 aromatic carbocycles. The summed E-state index contributed by atoms with van der Waals surface area (Å²) in [7, 11) is -2.77. The Hall–Kier alpha value is -3.59. The first-order valence-electron chi connectivity index (χ1n) is 8.40. The van der Waals surface area contributed by atoms with Crippen molar-refractivity contribution in [3.63, 3.8) is 0 Å². The van der Waals surface area contributed by atoms with Crippen LogP contribution in [0, 0.1) is 0 Å². The van der Waals surface area contributed by atoms with Crippen molar-refractivity contribution in [2.45, 2.75) is 4.90 Å². The van der Waals surface area contributed by atoms with Crippen molar-refractivity contribution >= 4 is 33.6 Å². The van der Waals surface area contributed by atoms with Gasteiger partial charge in [0.1, 0.15) is 11.4 Å². The maximum atomic E-state index is 12.7. The van der Waals surface area contributed by atoms with Crippen molar-refractivity contribution in [3.8, 4) is 5.75 Å². The van der Waals surface area contributed by atoms with E-state index in [2.05, 4.69) is 0 Å². The van der Waals surface area contributed by atoms with Crippen LogP contribution in [0.4, 0.5) is 0 Å². The summed E-state index contributed by atoms with van der Waals surface area (Å²) in [6.07, 6.45) is 2.54. The van der Waals surface area contributed by atoms with Gasteiger partial charge in [-0.3, -0.25) is 9.10 Å². The predicted molar refractivity (Wildman–Crippen MR) is 105 cm³/mol. The molecule has 2 N–H and O–H groups in total. The normalized spacial score (nSPS) is 15.3. The average molecular weight is 415 g/mol. The Morgan fingerprint density at radius 1 is 1.14 bits per heavy atom. The zero-order chi connectivity index (χ0) is 21.2. The first kappa shape index (κ1) is 20.2. The van der Waals surface area contributed by atoms with Gasteiger partial charge >= 0.3 is 5.97 Å². The lowest BCUT2D eigenvalue weighted by Crippen LogP contribution is -2.34. The summed E-state index contributed by atoms with van der Waals surface area (Å²) in [5.41, 5.74) is 0.229. The van der Waals surface area contributed by atoms with E-state index in [1.54, 1.807) is 24.3 Å². The number of sulfonamides is 1. The Kier molecular flexibility index (Phi) is 5.42. The Morgan fingerprint density at radius 3 is 2.59 bits per heavy atom. The van der Waals surface area contributed by atoms with Crippen LogP contribution in [-0.2, 0) is 19.6 Å². The number of aliphatic hydroxyl groups is 1. The second-order valence-corrected chi connectivity index (χ2v) is 8.06. The highest BCUT2D eigenvalue weighted by atomic mass is 32.2. The molecular weight excluding hydrogens is 398 g/mol. The van der Waals surface area contributed by atoms with Crippen LogP contribution in [0.2, 0.25) is 0 Å². The molecule has 0 unspecified atom stereocenters. The van der Waals surface area contributed by atoms with Gasteiger partial charge in [0.25, 0.3) is 10.0 Å². The fourth-order valence-corrected chi connectivity index (χ4v) is 4.21. The van der Waals surface area contributed by atoms with E-state index < -0.39 is 34.1 Å². The van der Waals surface area contributed by atoms with Crippen LogP contribution in [0.3, 0.4) is 0 Å². The Labute approximate surface area is 167 Å². The van der Waals surface area contributed by atoms with Crippen LogP contribution in [-0.4, -0.2) is 48.3 Å². The SMILES string of the molecule is CN1C(C(=O)C=Cc2cccc(OCC(=O)O)c2)=C(O)c2ccccc2S1(=O)=O. The lowest BCUT2D eigenvalue weighted by Gasteiger charge is -2.27. The van der Waals surface area contributed by atoms with Crippen LogP contribution in [0.25, 0.3) is 11.8 Å². The minimum atomic E-state index is -3.97. The van der Waals surface area contributed by atoms with Gasteiger partial charge < -0.3 is 14.9 Å². The number of likely N-dealkylation sites (N-methyl/N-ethyl adjacent to an activating group) is 1. The molecule has 8 nitrogen and oxygen atoms in total. The standard InChI is InChI=1S/C20H17NO7S/c1-21-19(20(25)15-7-2-3-8-17(15)29(21,26)27)16(22)10-9-13-5-4-6-14(11-13)28-12-18(23)24/h2-11,25H,12H2,1H3,(H,23,24). The highest BCUT2D eigenvalue weighted by Crippen LogP contribution is 2.34. The number of aliphatic carboxylic acids is 1. The molecule has 1 aliphatic heterocycles. The molecule has 3 rings (SSSR count). The third-order valence-corrected chi connectivity index (χ3v) is 6.02. The molecule has 1 heterocycles. The van der Waals surface area contributed by atoms with Crippen molar-refractivity contribution < 1.29 is 33.0 Å². The van der Waals surface area contributed by atoms with Gasteiger partial charge in [-0.2, -0.15) is 0 Å². The number of hydrogen-bond acceptors (Lipinski definition) is 6. The number of carbonyl (C=O) groups excluding carboxylic acids is 1. The quantitative estimate of drug-likeness (QED) is 0.694. The first-order valence-corrected chi connectivity index (χ1v) is 9.84. The monoisotopic (exact) mass is 415 g/mol. The molecule has 0 bridgehead atoms. The third-order valence-electron chi connectivity index (χ3n) is 4.20. The smallest absolute Gasteiger partial charge is 0.341 e. The summed E-state index contributed by atoms with van der Waals surface area (Å²) in [6, 6.07) is 12.2. The van der Waals surface area contributed by atoms with Crippen molar-refractivity contribution in [3.05, 3.63) is 71.4 Å². The van der Waals surface area contributed by atoms with Crippen LogP contribution < -0.4 is 4.74 Å². The van der Waals surface area contributed by atoms with E-state index in [1.165, 1.54) is 37.4 Å². The highest BCUT2D eigenvalue weighted by Gasteiger charge is 2.36. The van der Waals surface area contributed by atoms with Crippen LogP contribution in [0.1, 0.15) is 11.1 Å². The number of nitrogens with zero attached hydrogens (tertiary/aromatic N) is 1. The lowest BCUT2D eigenvalue weighted by molar-refractivity contribution is -0.139. The first-order chi connectivity index (χ1) is 13.7. The number of carbonyl (C=O) groups is 2. The van der Waals surface area contributed by atoms with Gasteiger partial charge in [0.15, 0.2) is 12.4 Å². The number of ether oxygens (including phenoxy) is 1. The van der Waals surface area contributed by atoms with Gasteiger partial charge in [0.2, 0.25) is 5.78 Å². The van der Waals surface area contributed by atoms with E-state index in [-0.39, 0.29) is 16.2 Å². The summed E-state index contributed by atoms with van der Waals surface area (Å²) >= 11 is 0. The predicted octanol–water partition coefficient (Wildman–Crippen LogP) is 2.29. The van der Waals surface area contributed by atoms with E-state index in [0.717, 1.165) is 10.4 Å². The molecule has 0 saturated heterocycles. The van der Waals surface area contributed by atoms with Gasteiger partial charge in [-0.25, -0.2) is 13.2 Å².